The van der Waals surface area contributed by atoms with Crippen molar-refractivity contribution >= 4 is 23.3 Å². The van der Waals surface area contributed by atoms with Crippen LogP contribution in [0.5, 0.6) is 0 Å². The summed E-state index contributed by atoms with van der Waals surface area (Å²) in [6.07, 6.45) is 6.88. The van der Waals surface area contributed by atoms with Crippen molar-refractivity contribution in [3.63, 3.8) is 0 Å². The molecule has 0 unspecified atom stereocenters. The second kappa shape index (κ2) is 9.39. The van der Waals surface area contributed by atoms with Crippen LogP contribution < -0.4 is 10.6 Å². The Morgan fingerprint density at radius 3 is 2.60 bits per heavy atom. The Labute approximate surface area is 149 Å². The van der Waals surface area contributed by atoms with E-state index in [4.69, 9.17) is 0 Å². The van der Waals surface area contributed by atoms with E-state index in [1.165, 1.54) is 18.2 Å². The van der Waals surface area contributed by atoms with E-state index < -0.39 is 5.82 Å². The maximum absolute atomic E-state index is 14.0. The number of rotatable bonds is 6. The number of hydrogen-bond donors (Lipinski definition) is 2. The van der Waals surface area contributed by atoms with Gasteiger partial charge in [0.1, 0.15) is 5.82 Å². The maximum atomic E-state index is 14.0. The fourth-order valence-electron chi connectivity index (χ4n) is 3.01. The molecule has 0 spiro atoms. The summed E-state index contributed by atoms with van der Waals surface area (Å²) in [6, 6.07) is 3.99. The van der Waals surface area contributed by atoms with Gasteiger partial charge in [-0.05, 0) is 37.5 Å². The number of urea groups is 1. The van der Waals surface area contributed by atoms with Gasteiger partial charge in [0.05, 0.1) is 5.69 Å². The molecular formula is C19H28FN3O2. The number of amides is 3. The van der Waals surface area contributed by atoms with E-state index in [1.54, 1.807) is 11.9 Å². The number of nitrogens with one attached hydrogen (secondary N) is 2. The molecule has 0 radical (unpaired) electrons. The number of hydrogen-bond acceptors (Lipinski definition) is 2. The second-order valence-electron chi connectivity index (χ2n) is 6.72. The molecule has 1 aromatic rings. The van der Waals surface area contributed by atoms with Crippen LogP contribution in [-0.2, 0) is 4.79 Å². The Morgan fingerprint density at radius 1 is 1.20 bits per heavy atom. The van der Waals surface area contributed by atoms with Gasteiger partial charge in [-0.3, -0.25) is 4.79 Å². The molecule has 1 aliphatic carbocycles. The Bertz CT molecular complexity index is 600. The van der Waals surface area contributed by atoms with Crippen molar-refractivity contribution < 1.29 is 14.0 Å². The van der Waals surface area contributed by atoms with Crippen molar-refractivity contribution in [2.75, 3.05) is 24.2 Å². The third-order valence-electron chi connectivity index (χ3n) is 4.65. The average Bonchev–Trinajstić information content (AvgIpc) is 2.63. The van der Waals surface area contributed by atoms with Crippen LogP contribution in [0.4, 0.5) is 20.6 Å². The van der Waals surface area contributed by atoms with Gasteiger partial charge in [0, 0.05) is 25.2 Å². The Balaban J connectivity index is 1.99. The maximum Gasteiger partial charge on any atom is 0.321 e. The van der Waals surface area contributed by atoms with Crippen LogP contribution in [0.15, 0.2) is 18.2 Å². The van der Waals surface area contributed by atoms with Crippen molar-refractivity contribution in [1.82, 2.24) is 4.90 Å². The zero-order valence-electron chi connectivity index (χ0n) is 15.1. The number of halogens is 1. The Kier molecular flexibility index (Phi) is 7.22. The van der Waals surface area contributed by atoms with Gasteiger partial charge in [0.15, 0.2) is 0 Å². The second-order valence-corrected chi connectivity index (χ2v) is 6.72. The number of benzene rings is 1. The molecule has 0 atom stereocenters. The molecule has 0 aliphatic heterocycles. The van der Waals surface area contributed by atoms with Gasteiger partial charge in [-0.25, -0.2) is 9.18 Å². The smallest absolute Gasteiger partial charge is 0.321 e. The fraction of sp³-hybridized carbons (Fsp3) is 0.579. The molecule has 0 saturated heterocycles. The van der Waals surface area contributed by atoms with Gasteiger partial charge in [-0.2, -0.15) is 0 Å². The lowest BCUT2D eigenvalue weighted by molar-refractivity contribution is -0.120. The zero-order valence-corrected chi connectivity index (χ0v) is 15.1. The van der Waals surface area contributed by atoms with Crippen LogP contribution in [0, 0.1) is 11.7 Å². The number of anilines is 2. The highest BCUT2D eigenvalue weighted by Crippen LogP contribution is 2.26. The Hall–Kier alpha value is -2.11. The van der Waals surface area contributed by atoms with Crippen LogP contribution in [-0.4, -0.2) is 30.4 Å². The topological polar surface area (TPSA) is 61.4 Å². The molecule has 1 saturated carbocycles. The number of nitrogens with zero attached hydrogens (tertiary/aromatic N) is 1. The van der Waals surface area contributed by atoms with Crippen molar-refractivity contribution in [3.05, 3.63) is 24.0 Å². The molecule has 3 amide bonds. The monoisotopic (exact) mass is 349 g/mol. The first kappa shape index (κ1) is 19.2. The summed E-state index contributed by atoms with van der Waals surface area (Å²) in [5, 5.41) is 5.42. The zero-order chi connectivity index (χ0) is 18.2. The van der Waals surface area contributed by atoms with E-state index in [0.717, 1.165) is 44.9 Å². The normalized spacial score (nSPS) is 14.8. The highest BCUT2D eigenvalue weighted by atomic mass is 19.1. The fourth-order valence-corrected chi connectivity index (χ4v) is 3.01. The van der Waals surface area contributed by atoms with Crippen LogP contribution in [0.2, 0.25) is 0 Å². The lowest BCUT2D eigenvalue weighted by atomic mass is 9.88. The third kappa shape index (κ3) is 5.73. The summed E-state index contributed by atoms with van der Waals surface area (Å²) in [6.45, 7) is 2.72. The summed E-state index contributed by atoms with van der Waals surface area (Å²) in [4.78, 5) is 26.0. The number of carbonyl (C=O) groups is 2. The average molecular weight is 349 g/mol. The van der Waals surface area contributed by atoms with E-state index in [-0.39, 0.29) is 23.5 Å². The predicted octanol–water partition coefficient (Wildman–Crippen LogP) is 4.61. The van der Waals surface area contributed by atoms with Crippen molar-refractivity contribution in [3.8, 4) is 0 Å². The summed E-state index contributed by atoms with van der Waals surface area (Å²) in [7, 11) is 1.72. The largest absolute Gasteiger partial charge is 0.328 e. The highest BCUT2D eigenvalue weighted by molar-refractivity contribution is 5.94. The Morgan fingerprint density at radius 2 is 1.92 bits per heavy atom. The lowest BCUT2D eigenvalue weighted by Gasteiger charge is -2.21. The first-order valence-electron chi connectivity index (χ1n) is 9.13. The minimum Gasteiger partial charge on any atom is -0.328 e. The minimum absolute atomic E-state index is 0.0495. The molecular weight excluding hydrogens is 321 g/mol. The molecule has 25 heavy (non-hydrogen) atoms. The first-order valence-corrected chi connectivity index (χ1v) is 9.13. The quantitative estimate of drug-likeness (QED) is 0.788. The van der Waals surface area contributed by atoms with Gasteiger partial charge < -0.3 is 15.5 Å². The van der Waals surface area contributed by atoms with E-state index >= 15 is 0 Å². The molecule has 5 nitrogen and oxygen atoms in total. The molecule has 6 heteroatoms. The van der Waals surface area contributed by atoms with Crippen molar-refractivity contribution in [2.24, 2.45) is 5.92 Å². The molecule has 2 N–H and O–H groups in total. The van der Waals surface area contributed by atoms with Gasteiger partial charge in [0.2, 0.25) is 5.91 Å². The molecule has 1 aromatic carbocycles. The van der Waals surface area contributed by atoms with E-state index in [9.17, 15) is 14.0 Å². The van der Waals surface area contributed by atoms with Gasteiger partial charge in [0.25, 0.3) is 0 Å². The van der Waals surface area contributed by atoms with Crippen molar-refractivity contribution in [1.29, 1.82) is 0 Å². The standard InChI is InChI=1S/C19H28FN3O2/c1-3-4-12-23(2)19(25)21-15-10-11-16(20)17(13-15)22-18(24)14-8-6-5-7-9-14/h10-11,13-14H,3-9,12H2,1-2H3,(H,21,25)(H,22,24). The molecule has 0 heterocycles. The van der Waals surface area contributed by atoms with Gasteiger partial charge >= 0.3 is 6.03 Å². The summed E-state index contributed by atoms with van der Waals surface area (Å²) < 4.78 is 14.0. The predicted molar refractivity (Wildman–Crippen MR) is 98.2 cm³/mol. The molecule has 0 bridgehead atoms. The number of unbranched alkanes of at least 4 members (excludes halogenated alkanes) is 1. The summed E-state index contributed by atoms with van der Waals surface area (Å²) in [5.41, 5.74) is 0.582. The van der Waals surface area contributed by atoms with E-state index in [1.807, 2.05) is 0 Å². The molecule has 2 rings (SSSR count). The molecule has 1 fully saturated rings. The van der Waals surface area contributed by atoms with Gasteiger partial charge in [-0.15, -0.1) is 0 Å². The van der Waals surface area contributed by atoms with Crippen molar-refractivity contribution in [2.45, 2.75) is 51.9 Å². The SMILES string of the molecule is CCCCN(C)C(=O)Nc1ccc(F)c(NC(=O)C2CCCCC2)c1. The summed E-state index contributed by atoms with van der Waals surface area (Å²) in [5.74, 6) is -0.685. The third-order valence-corrected chi connectivity index (χ3v) is 4.65. The van der Waals surface area contributed by atoms with E-state index in [2.05, 4.69) is 17.6 Å². The lowest BCUT2D eigenvalue weighted by Crippen LogP contribution is -2.32. The highest BCUT2D eigenvalue weighted by Gasteiger charge is 2.22. The first-order chi connectivity index (χ1) is 12.0. The summed E-state index contributed by atoms with van der Waals surface area (Å²) >= 11 is 0. The molecule has 0 aromatic heterocycles. The van der Waals surface area contributed by atoms with Crippen LogP contribution >= 0.6 is 0 Å². The number of carbonyl (C=O) groups excluding carboxylic acids is 2. The molecule has 138 valence electrons. The van der Waals surface area contributed by atoms with E-state index in [0.29, 0.717) is 12.2 Å². The van der Waals surface area contributed by atoms with Crippen LogP contribution in [0.3, 0.4) is 0 Å². The van der Waals surface area contributed by atoms with Crippen LogP contribution in [0.25, 0.3) is 0 Å². The van der Waals surface area contributed by atoms with Gasteiger partial charge in [-0.1, -0.05) is 32.6 Å². The molecule has 1 aliphatic rings. The van der Waals surface area contributed by atoms with Crippen LogP contribution in [0.1, 0.15) is 51.9 Å². The minimum atomic E-state index is -0.499.